The third-order valence-electron chi connectivity index (χ3n) is 12.0. The smallest absolute Gasteiger partial charge is 0.193 e. The highest BCUT2D eigenvalue weighted by Gasteiger charge is 2.40. The van der Waals surface area contributed by atoms with Crippen LogP contribution in [0.4, 0.5) is 0 Å². The van der Waals surface area contributed by atoms with Gasteiger partial charge in [0.1, 0.15) is 11.2 Å². The van der Waals surface area contributed by atoms with E-state index in [0.29, 0.717) is 0 Å². The minimum atomic E-state index is -0.0873. The van der Waals surface area contributed by atoms with Crippen LogP contribution in [0.3, 0.4) is 0 Å². The molecule has 1 N–H and O–H groups in total. The fourth-order valence-electron chi connectivity index (χ4n) is 10.1. The van der Waals surface area contributed by atoms with E-state index in [0.717, 1.165) is 24.9 Å². The Labute approximate surface area is 288 Å². The molecule has 4 heterocycles. The second kappa shape index (κ2) is 9.02. The van der Waals surface area contributed by atoms with Crippen LogP contribution in [0.1, 0.15) is 46.9 Å². The van der Waals surface area contributed by atoms with Crippen molar-refractivity contribution in [2.45, 2.75) is 31.6 Å². The molecule has 1 atom stereocenters. The Morgan fingerprint density at radius 3 is 2.43 bits per heavy atom. The van der Waals surface area contributed by atoms with E-state index < -0.39 is 0 Å². The first-order valence-corrected chi connectivity index (χ1v) is 18.2. The molecule has 0 radical (unpaired) electrons. The molecule has 12 rings (SSSR count). The monoisotopic (exact) mass is 643 g/mol. The van der Waals surface area contributed by atoms with Gasteiger partial charge < -0.3 is 9.40 Å². The van der Waals surface area contributed by atoms with Gasteiger partial charge in [-0.2, -0.15) is 0 Å². The van der Waals surface area contributed by atoms with Crippen LogP contribution in [0.15, 0.2) is 120 Å². The number of furan rings is 1. The molecule has 1 unspecified atom stereocenters. The third kappa shape index (κ3) is 3.24. The summed E-state index contributed by atoms with van der Waals surface area (Å²) in [6, 6.07) is 42.9. The summed E-state index contributed by atoms with van der Waals surface area (Å²) >= 11 is 1.98. The molecular formula is C45H30BNOS. The van der Waals surface area contributed by atoms with Crippen LogP contribution >= 0.6 is 11.3 Å². The van der Waals surface area contributed by atoms with E-state index in [2.05, 4.69) is 134 Å². The Kier molecular flexibility index (Phi) is 4.90. The lowest BCUT2D eigenvalue weighted by Gasteiger charge is -2.35. The molecule has 0 bridgehead atoms. The molecule has 3 aromatic heterocycles. The van der Waals surface area contributed by atoms with Crippen molar-refractivity contribution in [1.29, 1.82) is 0 Å². The summed E-state index contributed by atoms with van der Waals surface area (Å²) in [5.41, 5.74) is 19.8. The zero-order chi connectivity index (χ0) is 32.2. The van der Waals surface area contributed by atoms with Gasteiger partial charge in [-0.05, 0) is 58.0 Å². The molecular weight excluding hydrogens is 613 g/mol. The minimum Gasteiger partial charge on any atom is -0.456 e. The lowest BCUT2D eigenvalue weighted by atomic mass is 9.50. The first kappa shape index (κ1) is 26.6. The van der Waals surface area contributed by atoms with Gasteiger partial charge in [0.2, 0.25) is 0 Å². The number of rotatable bonds is 1. The summed E-state index contributed by atoms with van der Waals surface area (Å²) in [4.78, 5) is 5.53. The van der Waals surface area contributed by atoms with Crippen LogP contribution in [0.25, 0.3) is 76.4 Å². The number of fused-ring (bicyclic) bond motifs is 14. The highest BCUT2D eigenvalue weighted by Crippen LogP contribution is 2.54. The molecule has 230 valence electrons. The standard InChI is InChI=1S/C45H30BNOS/c1-45(2)31-17-6-3-11-23(31)44-41(45)28-16-9-15-27(43(28)47-44)40-39-24-12-4-7-19-33(24)48-34(39)21-30-29-22-36-38(25-13-5-8-20-35(25)49-36)26-14-10-18-32(37(26)29)46-42(30)40/h3-21,29,46-47H,22H2,1-2H3. The van der Waals surface area contributed by atoms with Crippen molar-refractivity contribution in [3.8, 4) is 33.5 Å². The van der Waals surface area contributed by atoms with Crippen molar-refractivity contribution in [2.24, 2.45) is 0 Å². The van der Waals surface area contributed by atoms with Gasteiger partial charge in [0.05, 0.1) is 11.2 Å². The lowest BCUT2D eigenvalue weighted by molar-refractivity contribution is 0.666. The van der Waals surface area contributed by atoms with Crippen molar-refractivity contribution in [3.05, 3.63) is 142 Å². The van der Waals surface area contributed by atoms with Gasteiger partial charge in [-0.15, -0.1) is 11.3 Å². The van der Waals surface area contributed by atoms with Crippen LogP contribution in [0.5, 0.6) is 0 Å². The van der Waals surface area contributed by atoms with Crippen LogP contribution < -0.4 is 10.9 Å². The molecule has 0 saturated heterocycles. The first-order chi connectivity index (χ1) is 24.1. The molecule has 0 saturated carbocycles. The summed E-state index contributed by atoms with van der Waals surface area (Å²) in [6.45, 7) is 4.76. The maximum absolute atomic E-state index is 6.77. The SMILES string of the molecule is CC1(C)c2ccccc2-c2[nH]c3c(-c4c5c(cc6oc7ccccc7c46)C4Cc6sc7ccccc7c6-c6cccc(c64)B5)cccc3c21. The number of H-pyrrole nitrogens is 1. The largest absolute Gasteiger partial charge is 0.456 e. The van der Waals surface area contributed by atoms with E-state index in [1.165, 1.54) is 103 Å². The van der Waals surface area contributed by atoms with E-state index in [1.54, 1.807) is 0 Å². The Bertz CT molecular complexity index is 2940. The Balaban J connectivity index is 1.18. The number of nitrogens with one attached hydrogen (secondary N) is 1. The minimum absolute atomic E-state index is 0.0873. The normalized spacial score (nSPS) is 16.4. The lowest BCUT2D eigenvalue weighted by Crippen LogP contribution is -2.42. The van der Waals surface area contributed by atoms with Crippen molar-refractivity contribution in [2.75, 3.05) is 0 Å². The van der Waals surface area contributed by atoms with Crippen LogP contribution in [0, 0.1) is 0 Å². The Morgan fingerprint density at radius 2 is 1.49 bits per heavy atom. The van der Waals surface area contributed by atoms with Crippen molar-refractivity contribution < 1.29 is 4.42 Å². The molecule has 2 nitrogen and oxygen atoms in total. The van der Waals surface area contributed by atoms with E-state index in [4.69, 9.17) is 4.42 Å². The van der Waals surface area contributed by atoms with Gasteiger partial charge in [-0.1, -0.05) is 122 Å². The maximum atomic E-state index is 6.77. The number of benzene rings is 6. The van der Waals surface area contributed by atoms with Crippen LogP contribution in [-0.4, -0.2) is 12.3 Å². The van der Waals surface area contributed by atoms with Gasteiger partial charge in [-0.3, -0.25) is 0 Å². The number of aromatic amines is 1. The van der Waals surface area contributed by atoms with Gasteiger partial charge in [0, 0.05) is 59.1 Å². The summed E-state index contributed by atoms with van der Waals surface area (Å²) in [7, 11) is 0.905. The fraction of sp³-hybridized carbons (Fsp3) is 0.111. The first-order valence-electron chi connectivity index (χ1n) is 17.4. The maximum Gasteiger partial charge on any atom is 0.193 e. The van der Waals surface area contributed by atoms with Crippen LogP contribution in [0.2, 0.25) is 0 Å². The molecule has 3 aliphatic rings. The number of hydrogen-bond acceptors (Lipinski definition) is 2. The Hall–Kier alpha value is -5.32. The van der Waals surface area contributed by atoms with E-state index in [-0.39, 0.29) is 11.3 Å². The van der Waals surface area contributed by atoms with Gasteiger partial charge in [0.25, 0.3) is 0 Å². The summed E-state index contributed by atoms with van der Waals surface area (Å²) in [5, 5.41) is 5.13. The highest BCUT2D eigenvalue weighted by molar-refractivity contribution is 7.19. The summed E-state index contributed by atoms with van der Waals surface area (Å²) < 4.78 is 8.16. The van der Waals surface area contributed by atoms with Crippen molar-refractivity contribution >= 4 is 72.5 Å². The number of para-hydroxylation sites is 2. The second-order valence-electron chi connectivity index (χ2n) is 14.8. The van der Waals surface area contributed by atoms with Gasteiger partial charge >= 0.3 is 0 Å². The third-order valence-corrected chi connectivity index (χ3v) is 13.2. The predicted molar refractivity (Wildman–Crippen MR) is 208 cm³/mol. The zero-order valence-corrected chi connectivity index (χ0v) is 28.1. The fourth-order valence-corrected chi connectivity index (χ4v) is 11.3. The molecule has 0 fully saturated rings. The van der Waals surface area contributed by atoms with E-state index in [1.807, 2.05) is 11.3 Å². The molecule has 9 aromatic rings. The van der Waals surface area contributed by atoms with Gasteiger partial charge in [0.15, 0.2) is 7.28 Å². The number of aromatic nitrogens is 1. The highest BCUT2D eigenvalue weighted by atomic mass is 32.1. The summed E-state index contributed by atoms with van der Waals surface area (Å²) in [5.74, 6) is 0.283. The molecule has 49 heavy (non-hydrogen) atoms. The van der Waals surface area contributed by atoms with Crippen LogP contribution in [-0.2, 0) is 11.8 Å². The molecule has 0 spiro atoms. The second-order valence-corrected chi connectivity index (χ2v) is 15.9. The molecule has 2 aliphatic carbocycles. The van der Waals surface area contributed by atoms with Crippen molar-refractivity contribution in [1.82, 2.24) is 4.98 Å². The number of hydrogen-bond donors (Lipinski definition) is 1. The molecule has 4 heteroatoms. The average Bonchev–Trinajstić information content (AvgIpc) is 3.86. The molecule has 6 aromatic carbocycles. The summed E-state index contributed by atoms with van der Waals surface area (Å²) in [6.07, 6.45) is 1.02. The average molecular weight is 644 g/mol. The molecule has 1 aliphatic heterocycles. The van der Waals surface area contributed by atoms with Crippen molar-refractivity contribution in [3.63, 3.8) is 0 Å². The van der Waals surface area contributed by atoms with Gasteiger partial charge in [-0.25, -0.2) is 0 Å². The Morgan fingerprint density at radius 1 is 0.735 bits per heavy atom. The van der Waals surface area contributed by atoms with E-state index >= 15 is 0 Å². The van der Waals surface area contributed by atoms with E-state index in [9.17, 15) is 0 Å². The molecule has 0 amide bonds. The topological polar surface area (TPSA) is 28.9 Å². The quantitative estimate of drug-likeness (QED) is 0.177. The zero-order valence-electron chi connectivity index (χ0n) is 27.3. The number of thiophene rings is 1. The predicted octanol–water partition coefficient (Wildman–Crippen LogP) is 10.3.